The zero-order valence-corrected chi connectivity index (χ0v) is 16.5. The van der Waals surface area contributed by atoms with Gasteiger partial charge in [-0.2, -0.15) is 5.10 Å². The average molecular weight is 380 g/mol. The standard InChI is InChI=1S/C21H24N4O3/c1-14-5-6-15(2)19(11-14)25-16(3)18(13-23-25)21(26)24-17-7-8-20(22-12-17)28-10-9-27-4/h5-8,11-13H,9-10H2,1-4H3,(H,24,26). The lowest BCUT2D eigenvalue weighted by molar-refractivity contribution is 0.102. The van der Waals surface area contributed by atoms with Crippen LogP contribution >= 0.6 is 0 Å². The molecule has 0 spiro atoms. The Balaban J connectivity index is 1.73. The number of amides is 1. The van der Waals surface area contributed by atoms with Crippen molar-refractivity contribution in [2.45, 2.75) is 20.8 Å². The summed E-state index contributed by atoms with van der Waals surface area (Å²) in [5, 5.41) is 7.26. The predicted molar refractivity (Wildman–Crippen MR) is 107 cm³/mol. The van der Waals surface area contributed by atoms with Crippen LogP contribution in [0.5, 0.6) is 5.88 Å². The molecule has 0 radical (unpaired) electrons. The lowest BCUT2D eigenvalue weighted by Gasteiger charge is -2.10. The Kier molecular flexibility index (Phi) is 6.06. The number of ether oxygens (including phenoxy) is 2. The van der Waals surface area contributed by atoms with Crippen LogP contribution in [0.15, 0.2) is 42.7 Å². The molecule has 2 heterocycles. The topological polar surface area (TPSA) is 78.3 Å². The Bertz CT molecular complexity index is 964. The third-order valence-corrected chi connectivity index (χ3v) is 4.38. The number of aryl methyl sites for hydroxylation is 2. The van der Waals surface area contributed by atoms with E-state index in [0.717, 1.165) is 22.5 Å². The summed E-state index contributed by atoms with van der Waals surface area (Å²) in [5.74, 6) is 0.248. The smallest absolute Gasteiger partial charge is 0.259 e. The number of benzene rings is 1. The van der Waals surface area contributed by atoms with Crippen molar-refractivity contribution in [2.75, 3.05) is 25.6 Å². The molecule has 0 fully saturated rings. The first kappa shape index (κ1) is 19.6. The maximum absolute atomic E-state index is 12.7. The van der Waals surface area contributed by atoms with Crippen LogP contribution in [0, 0.1) is 20.8 Å². The molecule has 0 aliphatic carbocycles. The number of pyridine rings is 1. The Morgan fingerprint density at radius 3 is 2.64 bits per heavy atom. The molecular weight excluding hydrogens is 356 g/mol. The third-order valence-electron chi connectivity index (χ3n) is 4.38. The monoisotopic (exact) mass is 380 g/mol. The number of carbonyl (C=O) groups excluding carboxylic acids is 1. The van der Waals surface area contributed by atoms with Gasteiger partial charge in [-0.05, 0) is 44.0 Å². The molecule has 0 unspecified atom stereocenters. The van der Waals surface area contributed by atoms with Gasteiger partial charge in [0, 0.05) is 13.2 Å². The lowest BCUT2D eigenvalue weighted by atomic mass is 10.1. The quantitative estimate of drug-likeness (QED) is 0.635. The number of aromatic nitrogens is 3. The van der Waals surface area contributed by atoms with E-state index in [-0.39, 0.29) is 5.91 Å². The molecule has 1 amide bonds. The molecule has 146 valence electrons. The van der Waals surface area contributed by atoms with E-state index in [0.29, 0.717) is 30.3 Å². The van der Waals surface area contributed by atoms with E-state index in [1.54, 1.807) is 36.3 Å². The fraction of sp³-hybridized carbons (Fsp3) is 0.286. The van der Waals surface area contributed by atoms with Gasteiger partial charge in [-0.3, -0.25) is 4.79 Å². The summed E-state index contributed by atoms with van der Waals surface area (Å²) in [4.78, 5) is 16.9. The van der Waals surface area contributed by atoms with Gasteiger partial charge in [-0.1, -0.05) is 12.1 Å². The van der Waals surface area contributed by atoms with E-state index in [1.165, 1.54) is 0 Å². The molecule has 7 heteroatoms. The van der Waals surface area contributed by atoms with Crippen LogP contribution in [0.1, 0.15) is 27.2 Å². The summed E-state index contributed by atoms with van der Waals surface area (Å²) in [7, 11) is 1.61. The van der Waals surface area contributed by atoms with Crippen molar-refractivity contribution in [3.05, 3.63) is 65.1 Å². The van der Waals surface area contributed by atoms with Crippen LogP contribution in [-0.4, -0.2) is 41.0 Å². The highest BCUT2D eigenvalue weighted by Gasteiger charge is 2.16. The molecule has 0 atom stereocenters. The first-order valence-corrected chi connectivity index (χ1v) is 9.01. The Hall–Kier alpha value is -3.19. The Morgan fingerprint density at radius 2 is 1.93 bits per heavy atom. The molecule has 0 saturated heterocycles. The van der Waals surface area contributed by atoms with Crippen molar-refractivity contribution in [3.8, 4) is 11.6 Å². The SMILES string of the molecule is COCCOc1ccc(NC(=O)c2cnn(-c3cc(C)ccc3C)c2C)cn1. The van der Waals surface area contributed by atoms with Crippen molar-refractivity contribution in [1.82, 2.24) is 14.8 Å². The summed E-state index contributed by atoms with van der Waals surface area (Å²) in [6, 6.07) is 9.62. The summed E-state index contributed by atoms with van der Waals surface area (Å²) < 4.78 is 12.1. The van der Waals surface area contributed by atoms with Crippen LogP contribution in [0.3, 0.4) is 0 Å². The molecule has 1 N–H and O–H groups in total. The van der Waals surface area contributed by atoms with Crippen molar-refractivity contribution in [1.29, 1.82) is 0 Å². The summed E-state index contributed by atoms with van der Waals surface area (Å²) >= 11 is 0. The second-order valence-electron chi connectivity index (χ2n) is 6.53. The van der Waals surface area contributed by atoms with Gasteiger partial charge >= 0.3 is 0 Å². The highest BCUT2D eigenvalue weighted by molar-refractivity contribution is 6.04. The van der Waals surface area contributed by atoms with Gasteiger partial charge < -0.3 is 14.8 Å². The van der Waals surface area contributed by atoms with E-state index < -0.39 is 0 Å². The number of methoxy groups -OCH3 is 1. The number of nitrogens with zero attached hydrogens (tertiary/aromatic N) is 3. The van der Waals surface area contributed by atoms with E-state index in [1.807, 2.05) is 26.8 Å². The zero-order chi connectivity index (χ0) is 20.1. The highest BCUT2D eigenvalue weighted by atomic mass is 16.5. The minimum Gasteiger partial charge on any atom is -0.475 e. The molecule has 0 aliphatic rings. The number of nitrogens with one attached hydrogen (secondary N) is 1. The van der Waals surface area contributed by atoms with Gasteiger partial charge in [0.25, 0.3) is 5.91 Å². The molecule has 2 aromatic heterocycles. The van der Waals surface area contributed by atoms with Crippen LogP contribution in [0.4, 0.5) is 5.69 Å². The number of hydrogen-bond donors (Lipinski definition) is 1. The van der Waals surface area contributed by atoms with Gasteiger partial charge in [-0.15, -0.1) is 0 Å². The lowest BCUT2D eigenvalue weighted by Crippen LogP contribution is -2.13. The van der Waals surface area contributed by atoms with E-state index in [9.17, 15) is 4.79 Å². The van der Waals surface area contributed by atoms with E-state index >= 15 is 0 Å². The molecular formula is C21H24N4O3. The Labute approximate surface area is 164 Å². The largest absolute Gasteiger partial charge is 0.475 e. The zero-order valence-electron chi connectivity index (χ0n) is 16.5. The summed E-state index contributed by atoms with van der Waals surface area (Å²) in [5.41, 5.74) is 5.08. The summed E-state index contributed by atoms with van der Waals surface area (Å²) in [6.07, 6.45) is 3.15. The molecule has 28 heavy (non-hydrogen) atoms. The maximum Gasteiger partial charge on any atom is 0.259 e. The molecule has 3 rings (SSSR count). The van der Waals surface area contributed by atoms with Crippen molar-refractivity contribution < 1.29 is 14.3 Å². The number of anilines is 1. The minimum atomic E-state index is -0.232. The number of carbonyl (C=O) groups is 1. The van der Waals surface area contributed by atoms with E-state index in [4.69, 9.17) is 9.47 Å². The van der Waals surface area contributed by atoms with E-state index in [2.05, 4.69) is 27.5 Å². The van der Waals surface area contributed by atoms with Crippen LogP contribution in [-0.2, 0) is 4.74 Å². The third kappa shape index (κ3) is 4.37. The molecule has 7 nitrogen and oxygen atoms in total. The molecule has 0 aliphatic heterocycles. The van der Waals surface area contributed by atoms with Gasteiger partial charge in [0.05, 0.1) is 41.6 Å². The number of rotatable bonds is 7. The predicted octanol–water partition coefficient (Wildman–Crippen LogP) is 3.47. The van der Waals surface area contributed by atoms with Crippen molar-refractivity contribution >= 4 is 11.6 Å². The first-order valence-electron chi connectivity index (χ1n) is 9.01. The van der Waals surface area contributed by atoms with Crippen LogP contribution in [0.25, 0.3) is 5.69 Å². The Morgan fingerprint density at radius 1 is 1.11 bits per heavy atom. The molecule has 1 aromatic carbocycles. The van der Waals surface area contributed by atoms with Gasteiger partial charge in [0.2, 0.25) is 5.88 Å². The molecule has 0 saturated carbocycles. The maximum atomic E-state index is 12.7. The highest BCUT2D eigenvalue weighted by Crippen LogP contribution is 2.20. The second-order valence-corrected chi connectivity index (χ2v) is 6.53. The number of hydrogen-bond acceptors (Lipinski definition) is 5. The van der Waals surface area contributed by atoms with Gasteiger partial charge in [0.15, 0.2) is 0 Å². The van der Waals surface area contributed by atoms with Crippen LogP contribution < -0.4 is 10.1 Å². The fourth-order valence-electron chi connectivity index (χ4n) is 2.79. The van der Waals surface area contributed by atoms with Crippen molar-refractivity contribution in [3.63, 3.8) is 0 Å². The van der Waals surface area contributed by atoms with Crippen LogP contribution in [0.2, 0.25) is 0 Å². The minimum absolute atomic E-state index is 0.232. The summed E-state index contributed by atoms with van der Waals surface area (Å²) in [6.45, 7) is 6.85. The van der Waals surface area contributed by atoms with Gasteiger partial charge in [0.1, 0.15) is 6.61 Å². The molecule has 0 bridgehead atoms. The molecule has 3 aromatic rings. The second kappa shape index (κ2) is 8.67. The average Bonchev–Trinajstić information content (AvgIpc) is 3.06. The normalized spacial score (nSPS) is 10.7. The first-order chi connectivity index (χ1) is 13.5. The fourth-order valence-corrected chi connectivity index (χ4v) is 2.79. The van der Waals surface area contributed by atoms with Crippen molar-refractivity contribution in [2.24, 2.45) is 0 Å². The van der Waals surface area contributed by atoms with Gasteiger partial charge in [-0.25, -0.2) is 9.67 Å².